The molecule has 1 aromatic heterocycles. The molecule has 0 bridgehead atoms. The van der Waals surface area contributed by atoms with Gasteiger partial charge in [0.1, 0.15) is 11.0 Å². The van der Waals surface area contributed by atoms with Crippen molar-refractivity contribution in [2.75, 3.05) is 11.1 Å². The highest BCUT2D eigenvalue weighted by atomic mass is 32.2. The van der Waals surface area contributed by atoms with Crippen molar-refractivity contribution in [1.82, 2.24) is 14.5 Å². The van der Waals surface area contributed by atoms with Crippen molar-refractivity contribution in [2.24, 2.45) is 5.92 Å². The van der Waals surface area contributed by atoms with Gasteiger partial charge in [0.05, 0.1) is 11.6 Å². The molecule has 0 aromatic carbocycles. The fourth-order valence-electron chi connectivity index (χ4n) is 2.11. The predicted molar refractivity (Wildman–Crippen MR) is 71.2 cm³/mol. The molecule has 1 aliphatic heterocycles. The maximum Gasteiger partial charge on any atom is 0.327 e. The fourth-order valence-corrected chi connectivity index (χ4v) is 4.15. The number of hydrogen-bond donors (Lipinski definition) is 2. The van der Waals surface area contributed by atoms with E-state index in [2.05, 4.69) is 14.9 Å². The van der Waals surface area contributed by atoms with Crippen molar-refractivity contribution >= 4 is 40.3 Å². The third-order valence-electron chi connectivity index (χ3n) is 3.17. The van der Waals surface area contributed by atoms with Gasteiger partial charge in [-0.2, -0.15) is 0 Å². The lowest BCUT2D eigenvalue weighted by atomic mass is 10.2. The Morgan fingerprint density at radius 2 is 2.26 bits per heavy atom. The van der Waals surface area contributed by atoms with Gasteiger partial charge in [0, 0.05) is 17.3 Å². The highest BCUT2D eigenvalue weighted by Crippen LogP contribution is 2.45. The number of aromatic nitrogens is 2. The smallest absolute Gasteiger partial charge is 0.327 e. The van der Waals surface area contributed by atoms with Gasteiger partial charge in [0.25, 0.3) is 0 Å². The number of anilines is 1. The van der Waals surface area contributed by atoms with Gasteiger partial charge in [0.2, 0.25) is 0 Å². The monoisotopic (exact) mass is 300 g/mol. The first-order valence-electron chi connectivity index (χ1n) is 5.88. The molecular formula is C10H12N4O3S2. The van der Waals surface area contributed by atoms with Crippen LogP contribution in [0, 0.1) is 5.92 Å². The second kappa shape index (κ2) is 4.97. The number of nitrogens with zero attached hydrogens (tertiary/aromatic N) is 3. The Kier molecular flexibility index (Phi) is 3.31. The third kappa shape index (κ3) is 2.52. The summed E-state index contributed by atoms with van der Waals surface area (Å²) in [6, 6.07) is -1.13. The first kappa shape index (κ1) is 12.7. The normalized spacial score (nSPS) is 26.4. The number of thioether (sulfide) groups is 1. The Morgan fingerprint density at radius 1 is 1.47 bits per heavy atom. The first-order valence-corrected chi connectivity index (χ1v) is 7.70. The lowest BCUT2D eigenvalue weighted by Crippen LogP contribution is -2.48. The second-order valence-electron chi connectivity index (χ2n) is 4.53. The van der Waals surface area contributed by atoms with E-state index in [0.29, 0.717) is 16.7 Å². The number of rotatable bonds is 3. The van der Waals surface area contributed by atoms with Crippen molar-refractivity contribution < 1.29 is 14.7 Å². The molecule has 1 saturated carbocycles. The van der Waals surface area contributed by atoms with E-state index in [1.54, 1.807) is 11.8 Å². The summed E-state index contributed by atoms with van der Waals surface area (Å²) in [5.41, 5.74) is 0. The van der Waals surface area contributed by atoms with Gasteiger partial charge in [0.15, 0.2) is 0 Å². The second-order valence-corrected chi connectivity index (χ2v) is 6.47. The summed E-state index contributed by atoms with van der Waals surface area (Å²) in [6.07, 6.45) is 3.58. The molecule has 2 aliphatic rings. The number of carbonyl (C=O) groups excluding carboxylic acids is 1. The molecule has 2 amide bonds. The molecule has 0 radical (unpaired) electrons. The highest BCUT2D eigenvalue weighted by molar-refractivity contribution is 8.00. The molecule has 19 heavy (non-hydrogen) atoms. The molecule has 2 N–H and O–H groups in total. The van der Waals surface area contributed by atoms with Crippen LogP contribution in [-0.2, 0) is 4.79 Å². The summed E-state index contributed by atoms with van der Waals surface area (Å²) in [5, 5.41) is 16.0. The predicted octanol–water partition coefficient (Wildman–Crippen LogP) is 1.31. The Morgan fingerprint density at radius 3 is 2.84 bits per heavy atom. The minimum atomic E-state index is -0.951. The number of amides is 2. The maximum absolute atomic E-state index is 12.3. The number of hydrogen-bond acceptors (Lipinski definition) is 6. The topological polar surface area (TPSA) is 95.4 Å². The average molecular weight is 300 g/mol. The van der Waals surface area contributed by atoms with Gasteiger partial charge in [-0.1, -0.05) is 4.49 Å². The van der Waals surface area contributed by atoms with E-state index in [-0.39, 0.29) is 11.4 Å². The van der Waals surface area contributed by atoms with Crippen LogP contribution >= 0.6 is 23.3 Å². The number of carbonyl (C=O) groups is 2. The summed E-state index contributed by atoms with van der Waals surface area (Å²) in [6.45, 7) is 0. The van der Waals surface area contributed by atoms with Crippen molar-refractivity contribution in [1.29, 1.82) is 0 Å². The molecule has 1 aromatic rings. The summed E-state index contributed by atoms with van der Waals surface area (Å²) in [7, 11) is 0. The van der Waals surface area contributed by atoms with Gasteiger partial charge in [-0.3, -0.25) is 10.2 Å². The van der Waals surface area contributed by atoms with Gasteiger partial charge in [-0.15, -0.1) is 16.9 Å². The Labute approximate surface area is 117 Å². The molecule has 102 valence electrons. The standard InChI is InChI=1S/C10H12N4O3S2/c15-9(16)6-4-18-8(5-1-2-5)14(6)10(17)12-7-3-11-13-19-7/h3,5-6,8H,1-2,4H2,(H,12,17)(H,15,16). The maximum atomic E-state index is 12.3. The molecule has 1 aliphatic carbocycles. The molecule has 2 fully saturated rings. The van der Waals surface area contributed by atoms with E-state index in [1.165, 1.54) is 11.1 Å². The number of nitrogens with one attached hydrogen (secondary N) is 1. The van der Waals surface area contributed by atoms with E-state index < -0.39 is 12.0 Å². The van der Waals surface area contributed by atoms with Crippen LogP contribution in [0.4, 0.5) is 9.80 Å². The van der Waals surface area contributed by atoms with Gasteiger partial charge < -0.3 is 5.11 Å². The third-order valence-corrected chi connectivity index (χ3v) is 5.21. The summed E-state index contributed by atoms with van der Waals surface area (Å²) >= 11 is 2.63. The Hall–Kier alpha value is -1.35. The van der Waals surface area contributed by atoms with Gasteiger partial charge in [-0.25, -0.2) is 9.59 Å². The Balaban J connectivity index is 1.76. The fraction of sp³-hybridized carbons (Fsp3) is 0.600. The van der Waals surface area contributed by atoms with E-state index in [4.69, 9.17) is 0 Å². The van der Waals surface area contributed by atoms with Crippen LogP contribution in [0.25, 0.3) is 0 Å². The first-order chi connectivity index (χ1) is 9.16. The summed E-state index contributed by atoms with van der Waals surface area (Å²) in [4.78, 5) is 25.0. The minimum absolute atomic E-state index is 0.0259. The lowest BCUT2D eigenvalue weighted by molar-refractivity contribution is -0.141. The van der Waals surface area contributed by atoms with Crippen LogP contribution in [0.1, 0.15) is 12.8 Å². The minimum Gasteiger partial charge on any atom is -0.480 e. The zero-order chi connectivity index (χ0) is 13.4. The molecular weight excluding hydrogens is 288 g/mol. The van der Waals surface area contributed by atoms with Crippen LogP contribution in [0.15, 0.2) is 6.20 Å². The van der Waals surface area contributed by atoms with Crippen LogP contribution in [0.5, 0.6) is 0 Å². The van der Waals surface area contributed by atoms with E-state index in [9.17, 15) is 14.7 Å². The summed E-state index contributed by atoms with van der Waals surface area (Å²) in [5.74, 6) is -0.0712. The quantitative estimate of drug-likeness (QED) is 0.874. The lowest BCUT2D eigenvalue weighted by Gasteiger charge is -2.27. The molecule has 7 nitrogen and oxygen atoms in total. The van der Waals surface area contributed by atoms with Crippen molar-refractivity contribution in [2.45, 2.75) is 24.3 Å². The number of urea groups is 1. The van der Waals surface area contributed by atoms with Crippen molar-refractivity contribution in [3.8, 4) is 0 Å². The van der Waals surface area contributed by atoms with Crippen LogP contribution in [0.2, 0.25) is 0 Å². The molecule has 2 atom stereocenters. The average Bonchev–Trinajstić information content (AvgIpc) is 2.91. The summed E-state index contributed by atoms with van der Waals surface area (Å²) < 4.78 is 3.66. The Bertz CT molecular complexity index is 491. The zero-order valence-corrected chi connectivity index (χ0v) is 11.5. The molecule has 3 rings (SSSR count). The number of carboxylic acid groups (broad SMARTS) is 1. The van der Waals surface area contributed by atoms with Crippen molar-refractivity contribution in [3.63, 3.8) is 0 Å². The van der Waals surface area contributed by atoms with Gasteiger partial charge in [-0.05, 0) is 18.8 Å². The van der Waals surface area contributed by atoms with Crippen LogP contribution < -0.4 is 5.32 Å². The van der Waals surface area contributed by atoms with E-state index in [0.717, 1.165) is 24.4 Å². The van der Waals surface area contributed by atoms with Crippen molar-refractivity contribution in [3.05, 3.63) is 6.20 Å². The molecule has 9 heteroatoms. The highest BCUT2D eigenvalue weighted by Gasteiger charge is 2.48. The number of carboxylic acids is 1. The number of aliphatic carboxylic acids is 1. The zero-order valence-electron chi connectivity index (χ0n) is 9.85. The molecule has 2 heterocycles. The van der Waals surface area contributed by atoms with Gasteiger partial charge >= 0.3 is 12.0 Å². The largest absolute Gasteiger partial charge is 0.480 e. The van der Waals surface area contributed by atoms with Crippen LogP contribution in [0.3, 0.4) is 0 Å². The van der Waals surface area contributed by atoms with Crippen LogP contribution in [-0.4, -0.2) is 48.8 Å². The molecule has 1 saturated heterocycles. The molecule has 2 unspecified atom stereocenters. The van der Waals surface area contributed by atoms with E-state index in [1.807, 2.05) is 0 Å². The van der Waals surface area contributed by atoms with E-state index >= 15 is 0 Å². The molecule has 0 spiro atoms. The SMILES string of the molecule is O=C(O)C1CSC(C2CC2)N1C(=O)Nc1cnns1.